The van der Waals surface area contributed by atoms with Crippen molar-refractivity contribution in [2.45, 2.75) is 45.4 Å². The van der Waals surface area contributed by atoms with Crippen LogP contribution in [0.4, 0.5) is 4.79 Å². The molecule has 1 aliphatic rings. The standard InChI is InChI=1S/C16H24N2O3/c1-16(2,3)21-15(19)18-9-8-13(17)11-6-5-7-14(20-4)12(11)10-18/h5-7,13H,8-10,17H2,1-4H3/t13-/m1/s1. The molecule has 0 saturated heterocycles. The fourth-order valence-electron chi connectivity index (χ4n) is 2.49. The first-order valence-corrected chi connectivity index (χ1v) is 7.21. The minimum atomic E-state index is -0.505. The average Bonchev–Trinajstić information content (AvgIpc) is 2.56. The molecule has 1 heterocycles. The van der Waals surface area contributed by atoms with E-state index in [1.54, 1.807) is 12.0 Å². The number of rotatable bonds is 1. The Morgan fingerprint density at radius 2 is 2.10 bits per heavy atom. The van der Waals surface area contributed by atoms with Gasteiger partial charge in [-0.2, -0.15) is 0 Å². The summed E-state index contributed by atoms with van der Waals surface area (Å²) in [5, 5.41) is 0. The molecule has 0 bridgehead atoms. The number of fused-ring (bicyclic) bond motifs is 1. The molecular weight excluding hydrogens is 268 g/mol. The highest BCUT2D eigenvalue weighted by Gasteiger charge is 2.28. The van der Waals surface area contributed by atoms with Gasteiger partial charge in [-0.3, -0.25) is 0 Å². The lowest BCUT2D eigenvalue weighted by molar-refractivity contribution is 0.0234. The number of amides is 1. The second-order valence-electron chi connectivity index (χ2n) is 6.33. The van der Waals surface area contributed by atoms with Gasteiger partial charge in [-0.15, -0.1) is 0 Å². The summed E-state index contributed by atoms with van der Waals surface area (Å²) in [7, 11) is 1.63. The molecular formula is C16H24N2O3. The van der Waals surface area contributed by atoms with E-state index in [9.17, 15) is 4.79 Å². The maximum atomic E-state index is 12.3. The van der Waals surface area contributed by atoms with E-state index in [1.807, 2.05) is 39.0 Å². The Balaban J connectivity index is 2.28. The zero-order valence-electron chi connectivity index (χ0n) is 13.2. The Kier molecular flexibility index (Phi) is 4.42. The highest BCUT2D eigenvalue weighted by molar-refractivity contribution is 5.68. The number of nitrogens with two attached hydrogens (primary N) is 1. The topological polar surface area (TPSA) is 64.8 Å². The monoisotopic (exact) mass is 292 g/mol. The van der Waals surface area contributed by atoms with Crippen LogP contribution in [0.2, 0.25) is 0 Å². The van der Waals surface area contributed by atoms with Crippen LogP contribution >= 0.6 is 0 Å². The van der Waals surface area contributed by atoms with Crippen molar-refractivity contribution >= 4 is 6.09 Å². The van der Waals surface area contributed by atoms with Crippen LogP contribution in [0.15, 0.2) is 18.2 Å². The van der Waals surface area contributed by atoms with Crippen molar-refractivity contribution in [1.29, 1.82) is 0 Å². The molecule has 0 radical (unpaired) electrons. The number of benzene rings is 1. The molecule has 1 aliphatic heterocycles. The molecule has 1 amide bonds. The molecule has 0 fully saturated rings. The van der Waals surface area contributed by atoms with Gasteiger partial charge in [0.2, 0.25) is 0 Å². The van der Waals surface area contributed by atoms with Gasteiger partial charge >= 0.3 is 6.09 Å². The van der Waals surface area contributed by atoms with Gasteiger partial charge in [0.05, 0.1) is 13.7 Å². The molecule has 1 aromatic rings. The second kappa shape index (κ2) is 5.93. The smallest absolute Gasteiger partial charge is 0.410 e. The summed E-state index contributed by atoms with van der Waals surface area (Å²) in [5.74, 6) is 0.762. The van der Waals surface area contributed by atoms with Crippen molar-refractivity contribution in [3.05, 3.63) is 29.3 Å². The van der Waals surface area contributed by atoms with Crippen LogP contribution in [-0.4, -0.2) is 30.2 Å². The van der Waals surface area contributed by atoms with Crippen molar-refractivity contribution < 1.29 is 14.3 Å². The lowest BCUT2D eigenvalue weighted by Crippen LogP contribution is -2.36. The molecule has 1 aromatic carbocycles. The molecule has 116 valence electrons. The van der Waals surface area contributed by atoms with Crippen LogP contribution in [0.5, 0.6) is 5.75 Å². The molecule has 0 saturated carbocycles. The maximum absolute atomic E-state index is 12.3. The average molecular weight is 292 g/mol. The molecule has 2 N–H and O–H groups in total. The molecule has 0 unspecified atom stereocenters. The van der Waals surface area contributed by atoms with Crippen LogP contribution in [0, 0.1) is 0 Å². The van der Waals surface area contributed by atoms with Crippen LogP contribution in [0.3, 0.4) is 0 Å². The van der Waals surface area contributed by atoms with Gasteiger partial charge < -0.3 is 20.1 Å². The molecule has 0 aliphatic carbocycles. The van der Waals surface area contributed by atoms with Crippen molar-refractivity contribution in [2.75, 3.05) is 13.7 Å². The summed E-state index contributed by atoms with van der Waals surface area (Å²) in [6.07, 6.45) is 0.396. The van der Waals surface area contributed by atoms with Crippen LogP contribution < -0.4 is 10.5 Å². The first kappa shape index (κ1) is 15.6. The largest absolute Gasteiger partial charge is 0.496 e. The Labute approximate surface area is 126 Å². The van der Waals surface area contributed by atoms with E-state index in [4.69, 9.17) is 15.2 Å². The van der Waals surface area contributed by atoms with Gasteiger partial charge in [0.25, 0.3) is 0 Å². The number of hydrogen-bond donors (Lipinski definition) is 1. The summed E-state index contributed by atoms with van der Waals surface area (Å²) >= 11 is 0. The predicted molar refractivity (Wildman–Crippen MR) is 81.2 cm³/mol. The number of ether oxygens (including phenoxy) is 2. The van der Waals surface area contributed by atoms with Crippen LogP contribution in [-0.2, 0) is 11.3 Å². The fourth-order valence-corrected chi connectivity index (χ4v) is 2.49. The van der Waals surface area contributed by atoms with E-state index in [2.05, 4.69) is 0 Å². The number of carbonyl (C=O) groups excluding carboxylic acids is 1. The summed E-state index contributed by atoms with van der Waals surface area (Å²) in [4.78, 5) is 14.0. The number of hydrogen-bond acceptors (Lipinski definition) is 4. The SMILES string of the molecule is COc1cccc2c1CN(C(=O)OC(C)(C)C)CC[C@H]2N. The van der Waals surface area contributed by atoms with Crippen molar-refractivity contribution in [1.82, 2.24) is 4.90 Å². The molecule has 0 aromatic heterocycles. The van der Waals surface area contributed by atoms with Crippen molar-refractivity contribution in [2.24, 2.45) is 5.73 Å². The van der Waals surface area contributed by atoms with E-state index >= 15 is 0 Å². The normalized spacial score (nSPS) is 18.7. The molecule has 21 heavy (non-hydrogen) atoms. The quantitative estimate of drug-likeness (QED) is 0.864. The first-order chi connectivity index (χ1) is 9.81. The van der Waals surface area contributed by atoms with Gasteiger partial charge in [-0.25, -0.2) is 4.79 Å². The summed E-state index contributed by atoms with van der Waals surface area (Å²) in [6, 6.07) is 5.73. The molecule has 0 spiro atoms. The third-order valence-electron chi connectivity index (χ3n) is 3.50. The number of nitrogens with zero attached hydrogens (tertiary/aromatic N) is 1. The highest BCUT2D eigenvalue weighted by atomic mass is 16.6. The lowest BCUT2D eigenvalue weighted by atomic mass is 9.99. The lowest BCUT2D eigenvalue weighted by Gasteiger charge is -2.26. The molecule has 2 rings (SSSR count). The summed E-state index contributed by atoms with van der Waals surface area (Å²) in [5.41, 5.74) is 7.73. The van der Waals surface area contributed by atoms with E-state index in [-0.39, 0.29) is 12.1 Å². The van der Waals surface area contributed by atoms with E-state index < -0.39 is 5.60 Å². The molecule has 1 atom stereocenters. The van der Waals surface area contributed by atoms with Crippen molar-refractivity contribution in [3.8, 4) is 5.75 Å². The van der Waals surface area contributed by atoms with Crippen LogP contribution in [0.25, 0.3) is 0 Å². The van der Waals surface area contributed by atoms with Gasteiger partial charge in [0.15, 0.2) is 0 Å². The zero-order valence-corrected chi connectivity index (χ0v) is 13.2. The summed E-state index contributed by atoms with van der Waals surface area (Å²) < 4.78 is 10.9. The second-order valence-corrected chi connectivity index (χ2v) is 6.33. The number of carbonyl (C=O) groups is 1. The van der Waals surface area contributed by atoms with Gasteiger partial charge in [0, 0.05) is 18.2 Å². The molecule has 5 nitrogen and oxygen atoms in total. The van der Waals surface area contributed by atoms with E-state index in [0.717, 1.165) is 16.9 Å². The number of methoxy groups -OCH3 is 1. The first-order valence-electron chi connectivity index (χ1n) is 7.21. The Morgan fingerprint density at radius 1 is 1.38 bits per heavy atom. The zero-order chi connectivity index (χ0) is 15.6. The van der Waals surface area contributed by atoms with Crippen LogP contribution in [0.1, 0.15) is 44.4 Å². The van der Waals surface area contributed by atoms with E-state index in [0.29, 0.717) is 19.5 Å². The van der Waals surface area contributed by atoms with E-state index in [1.165, 1.54) is 0 Å². The van der Waals surface area contributed by atoms with Gasteiger partial charge in [-0.1, -0.05) is 12.1 Å². The fraction of sp³-hybridized carbons (Fsp3) is 0.562. The third kappa shape index (κ3) is 3.67. The van der Waals surface area contributed by atoms with Crippen molar-refractivity contribution in [3.63, 3.8) is 0 Å². The summed E-state index contributed by atoms with van der Waals surface area (Å²) in [6.45, 7) is 6.63. The minimum Gasteiger partial charge on any atom is -0.496 e. The Bertz CT molecular complexity index is 523. The third-order valence-corrected chi connectivity index (χ3v) is 3.50. The highest BCUT2D eigenvalue weighted by Crippen LogP contribution is 2.32. The maximum Gasteiger partial charge on any atom is 0.410 e. The minimum absolute atomic E-state index is 0.0949. The molecule has 5 heteroatoms. The van der Waals surface area contributed by atoms with Gasteiger partial charge in [-0.05, 0) is 38.8 Å². The Hall–Kier alpha value is -1.75. The van der Waals surface area contributed by atoms with Gasteiger partial charge in [0.1, 0.15) is 11.4 Å². The Morgan fingerprint density at radius 3 is 2.71 bits per heavy atom. The predicted octanol–water partition coefficient (Wildman–Crippen LogP) is 2.84.